The zero-order chi connectivity index (χ0) is 16.6. The number of aromatic nitrogens is 2. The minimum atomic E-state index is -0.356. The monoisotopic (exact) mass is 320 g/mol. The highest BCUT2D eigenvalue weighted by molar-refractivity contribution is 5.31. The van der Waals surface area contributed by atoms with Gasteiger partial charge < -0.3 is 15.2 Å². The third kappa shape index (κ3) is 2.90. The Morgan fingerprint density at radius 1 is 1.48 bits per heavy atom. The number of methoxy groups -OCH3 is 1. The van der Waals surface area contributed by atoms with Crippen molar-refractivity contribution in [2.75, 3.05) is 25.5 Å². The number of nitrogens with zero attached hydrogens (tertiary/aromatic N) is 3. The molecule has 1 aromatic heterocycles. The molecule has 1 aliphatic heterocycles. The van der Waals surface area contributed by atoms with Gasteiger partial charge >= 0.3 is 0 Å². The molecule has 1 aromatic rings. The Morgan fingerprint density at radius 2 is 2.26 bits per heavy atom. The van der Waals surface area contributed by atoms with Gasteiger partial charge in [-0.3, -0.25) is 4.90 Å². The van der Waals surface area contributed by atoms with E-state index in [9.17, 15) is 5.11 Å². The molecule has 4 atom stereocenters. The third-order valence-corrected chi connectivity index (χ3v) is 5.44. The van der Waals surface area contributed by atoms with Gasteiger partial charge in [0.1, 0.15) is 0 Å². The fourth-order valence-corrected chi connectivity index (χ4v) is 4.73. The second-order valence-corrected chi connectivity index (χ2v) is 7.26. The number of likely N-dealkylation sites (tertiary alicyclic amines) is 1. The van der Waals surface area contributed by atoms with E-state index in [0.29, 0.717) is 23.8 Å². The lowest BCUT2D eigenvalue weighted by Crippen LogP contribution is -2.65. The van der Waals surface area contributed by atoms with E-state index in [1.165, 1.54) is 0 Å². The highest BCUT2D eigenvalue weighted by Gasteiger charge is 2.58. The Bertz CT molecular complexity index is 553. The number of ether oxygens (including phenoxy) is 1. The van der Waals surface area contributed by atoms with E-state index >= 15 is 0 Å². The first kappa shape index (κ1) is 16.5. The molecule has 2 unspecified atom stereocenters. The normalized spacial score (nSPS) is 33.9. The summed E-state index contributed by atoms with van der Waals surface area (Å²) in [7, 11) is 1.59. The summed E-state index contributed by atoms with van der Waals surface area (Å²) < 4.78 is 5.14. The van der Waals surface area contributed by atoms with Crippen molar-refractivity contribution >= 4 is 5.95 Å². The van der Waals surface area contributed by atoms with Crippen LogP contribution in [0.3, 0.4) is 0 Å². The van der Waals surface area contributed by atoms with Crippen LogP contribution < -0.4 is 10.1 Å². The minimum absolute atomic E-state index is 0.00219. The maximum atomic E-state index is 10.6. The molecule has 6 nitrogen and oxygen atoms in total. The topological polar surface area (TPSA) is 70.5 Å². The van der Waals surface area contributed by atoms with Gasteiger partial charge in [-0.05, 0) is 25.3 Å². The van der Waals surface area contributed by atoms with E-state index < -0.39 is 0 Å². The standard InChI is InChI=1S/C17H28N4O2/c1-5-21-10-17(15(21)11(2)3)8-12(13(22)9-17)19-16-18-7-6-14(20-16)23-4/h6-7,11-13,15,22H,5,8-10H2,1-4H3,(H,18,19,20)/t12-,13-,15?,17?/m1/s1. The van der Waals surface area contributed by atoms with Crippen LogP contribution >= 0.6 is 0 Å². The summed E-state index contributed by atoms with van der Waals surface area (Å²) in [4.78, 5) is 11.1. The van der Waals surface area contributed by atoms with Crippen molar-refractivity contribution < 1.29 is 9.84 Å². The van der Waals surface area contributed by atoms with Crippen LogP contribution in [0.15, 0.2) is 12.3 Å². The number of aliphatic hydroxyl groups is 1. The van der Waals surface area contributed by atoms with Gasteiger partial charge in [-0.25, -0.2) is 4.98 Å². The Hall–Kier alpha value is -1.40. The minimum Gasteiger partial charge on any atom is -0.481 e. The Balaban J connectivity index is 1.71. The van der Waals surface area contributed by atoms with Crippen LogP contribution in [0.25, 0.3) is 0 Å². The molecular weight excluding hydrogens is 292 g/mol. The molecule has 3 rings (SSSR count). The van der Waals surface area contributed by atoms with Crippen LogP contribution in [0.5, 0.6) is 5.88 Å². The van der Waals surface area contributed by atoms with Gasteiger partial charge in [-0.2, -0.15) is 4.98 Å². The van der Waals surface area contributed by atoms with Crippen LogP contribution in [0.1, 0.15) is 33.6 Å². The fourth-order valence-electron chi connectivity index (χ4n) is 4.73. The molecule has 0 bridgehead atoms. The molecule has 0 amide bonds. The quantitative estimate of drug-likeness (QED) is 0.861. The summed E-state index contributed by atoms with van der Waals surface area (Å²) in [5.41, 5.74) is 0.222. The highest BCUT2D eigenvalue weighted by atomic mass is 16.5. The van der Waals surface area contributed by atoms with Crippen LogP contribution in [0.2, 0.25) is 0 Å². The number of nitrogens with one attached hydrogen (secondary N) is 1. The molecule has 2 heterocycles. The molecule has 1 saturated heterocycles. The zero-order valence-corrected chi connectivity index (χ0v) is 14.5. The van der Waals surface area contributed by atoms with E-state index in [0.717, 1.165) is 25.9 Å². The average molecular weight is 320 g/mol. The second-order valence-electron chi connectivity index (χ2n) is 7.26. The van der Waals surface area contributed by atoms with Gasteiger partial charge in [0.2, 0.25) is 11.8 Å². The Labute approximate surface area is 138 Å². The van der Waals surface area contributed by atoms with E-state index in [1.54, 1.807) is 19.4 Å². The molecule has 6 heteroatoms. The lowest BCUT2D eigenvalue weighted by molar-refractivity contribution is -0.0961. The number of rotatable bonds is 5. The number of anilines is 1. The first-order valence-corrected chi connectivity index (χ1v) is 8.55. The largest absolute Gasteiger partial charge is 0.481 e. The van der Waals surface area contributed by atoms with Crippen LogP contribution in [0.4, 0.5) is 5.95 Å². The molecule has 0 radical (unpaired) electrons. The van der Waals surface area contributed by atoms with Crippen molar-refractivity contribution in [1.29, 1.82) is 0 Å². The van der Waals surface area contributed by atoms with Crippen molar-refractivity contribution in [3.05, 3.63) is 12.3 Å². The SMILES string of the molecule is CCN1CC2(C[C@@H](O)[C@H](Nc3nccc(OC)n3)C2)C1C(C)C. The number of hydrogen-bond donors (Lipinski definition) is 2. The maximum absolute atomic E-state index is 10.6. The molecule has 2 fully saturated rings. The molecule has 23 heavy (non-hydrogen) atoms. The predicted octanol–water partition coefficient (Wildman–Crippen LogP) is 1.77. The van der Waals surface area contributed by atoms with Crippen LogP contribution in [0, 0.1) is 11.3 Å². The summed E-state index contributed by atoms with van der Waals surface area (Å²) >= 11 is 0. The molecule has 2 N–H and O–H groups in total. The van der Waals surface area contributed by atoms with E-state index in [1.807, 2.05) is 0 Å². The molecule has 128 valence electrons. The average Bonchev–Trinajstić information content (AvgIpc) is 2.83. The smallest absolute Gasteiger partial charge is 0.226 e. The van der Waals surface area contributed by atoms with E-state index in [4.69, 9.17) is 4.74 Å². The lowest BCUT2D eigenvalue weighted by atomic mass is 9.65. The van der Waals surface area contributed by atoms with Gasteiger partial charge in [0.25, 0.3) is 0 Å². The number of hydrogen-bond acceptors (Lipinski definition) is 6. The van der Waals surface area contributed by atoms with Crippen LogP contribution in [-0.4, -0.2) is 58.4 Å². The molecule has 1 spiro atoms. The maximum Gasteiger partial charge on any atom is 0.226 e. The van der Waals surface area contributed by atoms with Gasteiger partial charge in [0.15, 0.2) is 0 Å². The lowest BCUT2D eigenvalue weighted by Gasteiger charge is -2.58. The fraction of sp³-hybridized carbons (Fsp3) is 0.765. The Kier molecular flexibility index (Phi) is 4.47. The predicted molar refractivity (Wildman–Crippen MR) is 89.5 cm³/mol. The zero-order valence-electron chi connectivity index (χ0n) is 14.5. The first-order valence-electron chi connectivity index (χ1n) is 8.55. The summed E-state index contributed by atoms with van der Waals surface area (Å²) in [6.45, 7) is 8.95. The van der Waals surface area contributed by atoms with Gasteiger partial charge in [0, 0.05) is 30.3 Å². The number of aliphatic hydroxyl groups excluding tert-OH is 1. The van der Waals surface area contributed by atoms with Gasteiger partial charge in [0.05, 0.1) is 19.3 Å². The highest BCUT2D eigenvalue weighted by Crippen LogP contribution is 2.53. The summed E-state index contributed by atoms with van der Waals surface area (Å²) in [6.07, 6.45) is 3.14. The second kappa shape index (κ2) is 6.24. The van der Waals surface area contributed by atoms with Gasteiger partial charge in [-0.1, -0.05) is 20.8 Å². The molecule has 2 aliphatic rings. The van der Waals surface area contributed by atoms with E-state index in [-0.39, 0.29) is 17.6 Å². The van der Waals surface area contributed by atoms with Crippen LogP contribution in [-0.2, 0) is 0 Å². The molecule has 1 saturated carbocycles. The van der Waals surface area contributed by atoms with Crippen molar-refractivity contribution in [1.82, 2.24) is 14.9 Å². The summed E-state index contributed by atoms with van der Waals surface area (Å²) in [6, 6.07) is 2.28. The molecule has 0 aromatic carbocycles. The summed E-state index contributed by atoms with van der Waals surface area (Å²) in [5.74, 6) is 1.66. The van der Waals surface area contributed by atoms with Crippen molar-refractivity contribution in [3.63, 3.8) is 0 Å². The van der Waals surface area contributed by atoms with Crippen molar-refractivity contribution in [2.45, 2.75) is 51.8 Å². The molecular formula is C17H28N4O2. The van der Waals surface area contributed by atoms with Gasteiger partial charge in [-0.15, -0.1) is 0 Å². The molecule has 1 aliphatic carbocycles. The summed E-state index contributed by atoms with van der Waals surface area (Å²) in [5, 5.41) is 13.9. The third-order valence-electron chi connectivity index (χ3n) is 5.44. The van der Waals surface area contributed by atoms with E-state index in [2.05, 4.69) is 41.0 Å². The van der Waals surface area contributed by atoms with Crippen molar-refractivity contribution in [3.8, 4) is 5.88 Å². The first-order chi connectivity index (χ1) is 11.0. The van der Waals surface area contributed by atoms with Crippen molar-refractivity contribution in [2.24, 2.45) is 11.3 Å². The Morgan fingerprint density at radius 3 is 2.91 bits per heavy atom.